The number of likely N-dealkylation sites (tertiary alicyclic amines) is 1. The van der Waals surface area contributed by atoms with Gasteiger partial charge in [0.05, 0.1) is 0 Å². The maximum atomic E-state index is 10.9. The number of hydrogen-bond donors (Lipinski definition) is 3. The van der Waals surface area contributed by atoms with Crippen LogP contribution >= 0.6 is 24.8 Å². The lowest BCUT2D eigenvalue weighted by molar-refractivity contribution is -0.124. The van der Waals surface area contributed by atoms with Gasteiger partial charge in [0.2, 0.25) is 0 Å². The number of nitrogens with one attached hydrogen (secondary N) is 2. The molecule has 3 rings (SSSR count). The molecule has 1 aliphatic carbocycles. The Balaban J connectivity index is 0.00000156. The predicted molar refractivity (Wildman–Crippen MR) is 104 cm³/mol. The van der Waals surface area contributed by atoms with Gasteiger partial charge in [-0.2, -0.15) is 0 Å². The summed E-state index contributed by atoms with van der Waals surface area (Å²) in [5.41, 5.74) is 2.38. The Morgan fingerprint density at radius 2 is 2.00 bits per heavy atom. The van der Waals surface area contributed by atoms with Crippen LogP contribution in [0.3, 0.4) is 0 Å². The highest BCUT2D eigenvalue weighted by Crippen LogP contribution is 2.27. The number of amides is 1. The number of carbonyl (C=O) groups excluding carboxylic acids is 1. The fourth-order valence-corrected chi connectivity index (χ4v) is 3.51. The molecule has 1 aromatic heterocycles. The van der Waals surface area contributed by atoms with Gasteiger partial charge in [-0.25, -0.2) is 10.5 Å². The number of halogens is 2. The van der Waals surface area contributed by atoms with Gasteiger partial charge in [-0.1, -0.05) is 12.8 Å². The second-order valence-corrected chi connectivity index (χ2v) is 6.35. The van der Waals surface area contributed by atoms with Crippen LogP contribution in [0, 0.1) is 0 Å². The molecule has 2 heterocycles. The van der Waals surface area contributed by atoms with Crippen molar-refractivity contribution in [2.24, 2.45) is 0 Å². The number of hydroxylamine groups is 1. The van der Waals surface area contributed by atoms with Crippen LogP contribution in [0.25, 0.3) is 6.08 Å². The first-order valence-corrected chi connectivity index (χ1v) is 8.33. The summed E-state index contributed by atoms with van der Waals surface area (Å²) in [4.78, 5) is 18.0. The molecule has 0 spiro atoms. The van der Waals surface area contributed by atoms with Crippen molar-refractivity contribution in [2.45, 2.75) is 44.2 Å². The first-order valence-electron chi connectivity index (χ1n) is 8.33. The molecule has 1 atom stereocenters. The lowest BCUT2D eigenvalue weighted by atomic mass is 10.2. The zero-order valence-corrected chi connectivity index (χ0v) is 15.7. The van der Waals surface area contributed by atoms with E-state index in [1.807, 2.05) is 12.1 Å². The van der Waals surface area contributed by atoms with Crippen LogP contribution < -0.4 is 10.8 Å². The average Bonchev–Trinajstić information content (AvgIpc) is 3.25. The number of rotatable bonds is 5. The van der Waals surface area contributed by atoms with Crippen LogP contribution in [0.5, 0.6) is 0 Å². The molecule has 1 saturated carbocycles. The Morgan fingerprint density at radius 3 is 2.64 bits per heavy atom. The SMILES string of the molecule is Cl.Cl.O=C(C=Cc1ccc(N[C@@H]2CCN(C3CCCC3)C2)nc1)NO. The molecule has 0 unspecified atom stereocenters. The number of aromatic nitrogens is 1. The van der Waals surface area contributed by atoms with Crippen molar-refractivity contribution in [1.29, 1.82) is 0 Å². The highest BCUT2D eigenvalue weighted by molar-refractivity contribution is 5.90. The third kappa shape index (κ3) is 6.15. The van der Waals surface area contributed by atoms with Crippen LogP contribution in [-0.2, 0) is 4.79 Å². The second kappa shape index (κ2) is 10.6. The normalized spacial score (nSPS) is 20.9. The standard InChI is InChI=1S/C17H24N4O2.2ClH/c22-17(20-23)8-6-13-5-7-16(18-11-13)19-14-9-10-21(12-14)15-3-1-2-4-15;;/h5-8,11,14-15,23H,1-4,9-10,12H2,(H,18,19)(H,20,22);2*1H/t14-;;/m1../s1. The maximum Gasteiger partial charge on any atom is 0.267 e. The molecule has 25 heavy (non-hydrogen) atoms. The molecule has 6 nitrogen and oxygen atoms in total. The van der Waals surface area contributed by atoms with E-state index in [0.717, 1.165) is 30.4 Å². The Kier molecular flexibility index (Phi) is 9.21. The fourth-order valence-electron chi connectivity index (χ4n) is 3.51. The predicted octanol–water partition coefficient (Wildman–Crippen LogP) is 2.87. The largest absolute Gasteiger partial charge is 0.366 e. The molecular formula is C17H26Cl2N4O2. The Hall–Kier alpha value is -1.34. The van der Waals surface area contributed by atoms with Crippen molar-refractivity contribution >= 4 is 42.6 Å². The number of nitrogens with zero attached hydrogens (tertiary/aromatic N) is 2. The monoisotopic (exact) mass is 388 g/mol. The number of hydrogen-bond acceptors (Lipinski definition) is 5. The van der Waals surface area contributed by atoms with Crippen LogP contribution in [0.15, 0.2) is 24.4 Å². The van der Waals surface area contributed by atoms with E-state index >= 15 is 0 Å². The summed E-state index contributed by atoms with van der Waals surface area (Å²) in [7, 11) is 0. The summed E-state index contributed by atoms with van der Waals surface area (Å²) in [6, 6.07) is 5.08. The van der Waals surface area contributed by atoms with Crippen LogP contribution in [-0.4, -0.2) is 46.2 Å². The van der Waals surface area contributed by atoms with Crippen LogP contribution in [0.1, 0.15) is 37.7 Å². The molecule has 0 radical (unpaired) electrons. The van der Waals surface area contributed by atoms with Gasteiger partial charge < -0.3 is 5.32 Å². The first kappa shape index (κ1) is 21.7. The molecule has 3 N–H and O–H groups in total. The van der Waals surface area contributed by atoms with Gasteiger partial charge in [-0.15, -0.1) is 24.8 Å². The zero-order valence-electron chi connectivity index (χ0n) is 14.1. The van der Waals surface area contributed by atoms with E-state index in [0.29, 0.717) is 6.04 Å². The number of anilines is 1. The highest BCUT2D eigenvalue weighted by atomic mass is 35.5. The van der Waals surface area contributed by atoms with Gasteiger partial charge in [-0.3, -0.25) is 14.9 Å². The molecule has 1 aromatic rings. The first-order chi connectivity index (χ1) is 11.2. The van der Waals surface area contributed by atoms with Crippen molar-refractivity contribution in [2.75, 3.05) is 18.4 Å². The van der Waals surface area contributed by atoms with E-state index in [-0.39, 0.29) is 24.8 Å². The van der Waals surface area contributed by atoms with E-state index in [2.05, 4.69) is 15.2 Å². The highest BCUT2D eigenvalue weighted by Gasteiger charge is 2.29. The van der Waals surface area contributed by atoms with Gasteiger partial charge in [-0.05, 0) is 43.0 Å². The topological polar surface area (TPSA) is 77.5 Å². The van der Waals surface area contributed by atoms with Gasteiger partial charge in [0.25, 0.3) is 5.91 Å². The van der Waals surface area contributed by atoms with Crippen molar-refractivity contribution in [1.82, 2.24) is 15.4 Å². The van der Waals surface area contributed by atoms with Gasteiger partial charge in [0, 0.05) is 37.4 Å². The maximum absolute atomic E-state index is 10.9. The summed E-state index contributed by atoms with van der Waals surface area (Å²) in [6.07, 6.45) is 11.2. The third-order valence-electron chi connectivity index (χ3n) is 4.74. The zero-order chi connectivity index (χ0) is 16.1. The van der Waals surface area contributed by atoms with Crippen molar-refractivity contribution in [3.05, 3.63) is 30.0 Å². The van der Waals surface area contributed by atoms with Gasteiger partial charge in [0.1, 0.15) is 5.82 Å². The smallest absolute Gasteiger partial charge is 0.267 e. The van der Waals surface area contributed by atoms with Crippen LogP contribution in [0.2, 0.25) is 0 Å². The molecule has 0 bridgehead atoms. The molecule has 1 amide bonds. The van der Waals surface area contributed by atoms with Gasteiger partial charge in [0.15, 0.2) is 0 Å². The minimum absolute atomic E-state index is 0. The van der Waals surface area contributed by atoms with E-state index < -0.39 is 5.91 Å². The Bertz CT molecular complexity index is 562. The molecular weight excluding hydrogens is 363 g/mol. The molecule has 8 heteroatoms. The molecule has 2 aliphatic rings. The summed E-state index contributed by atoms with van der Waals surface area (Å²) in [5.74, 6) is 0.317. The Labute approximate surface area is 160 Å². The quantitative estimate of drug-likeness (QED) is 0.410. The molecule has 140 valence electrons. The van der Waals surface area contributed by atoms with E-state index in [9.17, 15) is 4.79 Å². The summed E-state index contributed by atoms with van der Waals surface area (Å²) in [6.45, 7) is 2.28. The molecule has 1 saturated heterocycles. The lowest BCUT2D eigenvalue weighted by Gasteiger charge is -2.23. The second-order valence-electron chi connectivity index (χ2n) is 6.35. The Morgan fingerprint density at radius 1 is 1.24 bits per heavy atom. The number of pyridine rings is 1. The van der Waals surface area contributed by atoms with Crippen LogP contribution in [0.4, 0.5) is 5.82 Å². The van der Waals surface area contributed by atoms with E-state index in [1.165, 1.54) is 38.3 Å². The average molecular weight is 389 g/mol. The van der Waals surface area contributed by atoms with E-state index in [4.69, 9.17) is 5.21 Å². The molecule has 1 aliphatic heterocycles. The number of carbonyl (C=O) groups is 1. The third-order valence-corrected chi connectivity index (χ3v) is 4.74. The van der Waals surface area contributed by atoms with Crippen molar-refractivity contribution in [3.63, 3.8) is 0 Å². The minimum Gasteiger partial charge on any atom is -0.366 e. The van der Waals surface area contributed by atoms with Gasteiger partial charge >= 0.3 is 0 Å². The van der Waals surface area contributed by atoms with Crippen molar-refractivity contribution < 1.29 is 10.0 Å². The molecule has 0 aromatic carbocycles. The summed E-state index contributed by atoms with van der Waals surface area (Å²) in [5, 5.41) is 11.9. The van der Waals surface area contributed by atoms with E-state index in [1.54, 1.807) is 17.8 Å². The fraction of sp³-hybridized carbons (Fsp3) is 0.529. The summed E-state index contributed by atoms with van der Waals surface area (Å²) < 4.78 is 0. The lowest BCUT2D eigenvalue weighted by Crippen LogP contribution is -2.33. The molecule has 2 fully saturated rings. The van der Waals surface area contributed by atoms with Crippen molar-refractivity contribution in [3.8, 4) is 0 Å². The minimum atomic E-state index is -0.551. The summed E-state index contributed by atoms with van der Waals surface area (Å²) >= 11 is 0.